The van der Waals surface area contributed by atoms with Crippen molar-refractivity contribution in [3.8, 4) is 11.5 Å². The molecule has 2 aliphatic rings. The van der Waals surface area contributed by atoms with Gasteiger partial charge in [0, 0.05) is 31.1 Å². The van der Waals surface area contributed by atoms with E-state index in [1.54, 1.807) is 52.5 Å². The molecule has 3 aromatic carbocycles. The number of likely N-dealkylation sites (tertiary alicyclic amines) is 1. The normalized spacial score (nSPS) is 18.0. The van der Waals surface area contributed by atoms with Crippen molar-refractivity contribution in [1.82, 2.24) is 9.91 Å². The van der Waals surface area contributed by atoms with Crippen LogP contribution in [0.3, 0.4) is 0 Å². The minimum atomic E-state index is -0.635. The molecule has 3 aromatic rings. The van der Waals surface area contributed by atoms with Crippen molar-refractivity contribution in [3.63, 3.8) is 0 Å². The van der Waals surface area contributed by atoms with Gasteiger partial charge in [0.05, 0.1) is 0 Å². The van der Waals surface area contributed by atoms with Crippen molar-refractivity contribution < 1.29 is 23.1 Å². The van der Waals surface area contributed by atoms with Crippen LogP contribution in [0.25, 0.3) is 0 Å². The highest BCUT2D eigenvalue weighted by molar-refractivity contribution is 5.98. The third-order valence-electron chi connectivity index (χ3n) is 7.86. The molecule has 2 aliphatic heterocycles. The van der Waals surface area contributed by atoms with Crippen molar-refractivity contribution in [2.45, 2.75) is 51.5 Å². The lowest BCUT2D eigenvalue weighted by Crippen LogP contribution is -2.46. The predicted octanol–water partition coefficient (Wildman–Crippen LogP) is 6.92. The van der Waals surface area contributed by atoms with Gasteiger partial charge in [-0.1, -0.05) is 25.1 Å². The highest BCUT2D eigenvalue weighted by Crippen LogP contribution is 2.30. The van der Waals surface area contributed by atoms with Crippen LogP contribution >= 0.6 is 0 Å². The lowest BCUT2D eigenvalue weighted by Gasteiger charge is -2.27. The molecule has 0 spiro atoms. The second-order valence-corrected chi connectivity index (χ2v) is 11.0. The Hall–Kier alpha value is -4.53. The predicted molar refractivity (Wildman–Crippen MR) is 163 cm³/mol. The topological polar surface area (TPSA) is 74.2 Å². The Morgan fingerprint density at radius 1 is 1.00 bits per heavy atom. The number of benzene rings is 3. The van der Waals surface area contributed by atoms with Crippen LogP contribution < -0.4 is 10.1 Å². The zero-order chi connectivity index (χ0) is 30.2. The van der Waals surface area contributed by atoms with Gasteiger partial charge in [0.1, 0.15) is 35.7 Å². The summed E-state index contributed by atoms with van der Waals surface area (Å²) in [7, 11) is 0. The Kier molecular flexibility index (Phi) is 9.81. The lowest BCUT2D eigenvalue weighted by atomic mass is 9.96. The van der Waals surface area contributed by atoms with Crippen LogP contribution in [0.1, 0.15) is 44.6 Å². The Labute approximate surface area is 250 Å². The van der Waals surface area contributed by atoms with Gasteiger partial charge in [-0.05, 0) is 104 Å². The number of hydrogen-bond acceptors (Lipinski definition) is 5. The van der Waals surface area contributed by atoms with Crippen molar-refractivity contribution in [3.05, 3.63) is 102 Å². The number of hydrogen-bond donors (Lipinski definition) is 1. The average Bonchev–Trinajstić information content (AvgIpc) is 3.45. The van der Waals surface area contributed by atoms with Crippen LogP contribution in [0, 0.1) is 17.6 Å². The molecule has 0 radical (unpaired) electrons. The third-order valence-corrected chi connectivity index (χ3v) is 7.86. The molecule has 5 rings (SSSR count). The van der Waals surface area contributed by atoms with Crippen molar-refractivity contribution in [2.24, 2.45) is 11.0 Å². The first-order valence-electron chi connectivity index (χ1n) is 14.7. The Balaban J connectivity index is 1.23. The number of nitrogens with zero attached hydrogens (tertiary/aromatic N) is 3. The molecule has 2 unspecified atom stereocenters. The maximum absolute atomic E-state index is 14.1. The number of anilines is 1. The molecule has 0 aliphatic carbocycles. The molecular formula is C34H36F2N4O3. The van der Waals surface area contributed by atoms with Gasteiger partial charge in [0.15, 0.2) is 0 Å². The number of amides is 2. The number of aryl methyl sites for hydroxylation is 1. The van der Waals surface area contributed by atoms with Gasteiger partial charge in [-0.15, -0.1) is 0 Å². The van der Waals surface area contributed by atoms with E-state index in [-0.39, 0.29) is 35.9 Å². The summed E-state index contributed by atoms with van der Waals surface area (Å²) in [5.41, 5.74) is 2.44. The van der Waals surface area contributed by atoms with E-state index in [4.69, 9.17) is 4.74 Å². The summed E-state index contributed by atoms with van der Waals surface area (Å²) in [5.74, 6) is 0.179. The minimum absolute atomic E-state index is 0.0567. The number of ether oxygens (including phenoxy) is 1. The molecule has 0 bridgehead atoms. The fourth-order valence-corrected chi connectivity index (χ4v) is 5.52. The van der Waals surface area contributed by atoms with Crippen LogP contribution in [0.15, 0.2) is 89.7 Å². The first-order valence-corrected chi connectivity index (χ1v) is 14.7. The quantitative estimate of drug-likeness (QED) is 0.265. The summed E-state index contributed by atoms with van der Waals surface area (Å²) < 4.78 is 33.0. The van der Waals surface area contributed by atoms with Gasteiger partial charge in [0.25, 0.3) is 0 Å². The Morgan fingerprint density at radius 2 is 1.72 bits per heavy atom. The standard InChI is InChI=1S/C34H36F2N4O3/c1-2-24-18-19-37-39(21-24)23-33(41)40-22-25(6-5-8-26-7-3-4-9-31(26)36)20-32(40)34(42)38-28-12-16-30(17-13-28)43-29-14-10-27(35)11-15-29/h3-4,7,9-17,19,21,25,32H,2,5-6,8,18,20,22-23H2,1H3,(H,38,42). The van der Waals surface area contributed by atoms with Crippen LogP contribution in [0.5, 0.6) is 11.5 Å². The molecule has 1 saturated heterocycles. The summed E-state index contributed by atoms with van der Waals surface area (Å²) in [6.45, 7) is 2.58. The van der Waals surface area contributed by atoms with Crippen LogP contribution in [-0.4, -0.2) is 47.1 Å². The molecule has 0 aromatic heterocycles. The summed E-state index contributed by atoms with van der Waals surface area (Å²) >= 11 is 0. The van der Waals surface area contributed by atoms with Crippen molar-refractivity contribution >= 4 is 23.7 Å². The molecule has 9 heteroatoms. The number of rotatable bonds is 11. The van der Waals surface area contributed by atoms with Gasteiger partial charge >= 0.3 is 0 Å². The van der Waals surface area contributed by atoms with Crippen LogP contribution in [0.4, 0.5) is 14.5 Å². The molecule has 2 heterocycles. The minimum Gasteiger partial charge on any atom is -0.457 e. The van der Waals surface area contributed by atoms with Gasteiger partial charge < -0.3 is 15.0 Å². The van der Waals surface area contributed by atoms with Gasteiger partial charge in [-0.25, -0.2) is 8.78 Å². The second-order valence-electron chi connectivity index (χ2n) is 11.0. The van der Waals surface area contributed by atoms with E-state index in [1.807, 2.05) is 12.3 Å². The van der Waals surface area contributed by atoms with Crippen LogP contribution in [0.2, 0.25) is 0 Å². The van der Waals surface area contributed by atoms with Gasteiger partial charge in [0.2, 0.25) is 11.8 Å². The van der Waals surface area contributed by atoms with E-state index in [9.17, 15) is 18.4 Å². The van der Waals surface area contributed by atoms with Crippen molar-refractivity contribution in [2.75, 3.05) is 18.4 Å². The zero-order valence-electron chi connectivity index (χ0n) is 24.2. The first kappa shape index (κ1) is 29.9. The average molecular weight is 587 g/mol. The fourth-order valence-electron chi connectivity index (χ4n) is 5.52. The Bertz CT molecular complexity index is 1470. The number of allylic oxidation sites excluding steroid dienone is 1. The largest absolute Gasteiger partial charge is 0.457 e. The van der Waals surface area contributed by atoms with Crippen LogP contribution in [-0.2, 0) is 16.0 Å². The highest BCUT2D eigenvalue weighted by atomic mass is 19.1. The number of hydrazone groups is 1. The first-order chi connectivity index (χ1) is 20.9. The van der Waals surface area contributed by atoms with Gasteiger partial charge in [-0.2, -0.15) is 5.10 Å². The second kappa shape index (κ2) is 14.1. The molecule has 224 valence electrons. The molecule has 1 fully saturated rings. The maximum atomic E-state index is 14.1. The monoisotopic (exact) mass is 586 g/mol. The molecule has 1 N–H and O–H groups in total. The van der Waals surface area contributed by atoms with Gasteiger partial charge in [-0.3, -0.25) is 14.6 Å². The van der Waals surface area contributed by atoms with E-state index in [0.29, 0.717) is 42.1 Å². The highest BCUT2D eigenvalue weighted by Gasteiger charge is 2.39. The summed E-state index contributed by atoms with van der Waals surface area (Å²) in [6, 6.07) is 18.7. The smallest absolute Gasteiger partial charge is 0.247 e. The number of nitrogens with one attached hydrogen (secondary N) is 1. The van der Waals surface area contributed by atoms with E-state index >= 15 is 0 Å². The molecule has 0 saturated carbocycles. The molecule has 2 amide bonds. The Morgan fingerprint density at radius 3 is 2.44 bits per heavy atom. The lowest BCUT2D eigenvalue weighted by molar-refractivity contribution is -0.137. The third kappa shape index (κ3) is 8.06. The molecule has 2 atom stereocenters. The molecule has 43 heavy (non-hydrogen) atoms. The number of carbonyl (C=O) groups is 2. The number of carbonyl (C=O) groups excluding carboxylic acids is 2. The van der Waals surface area contributed by atoms with Crippen molar-refractivity contribution in [1.29, 1.82) is 0 Å². The summed E-state index contributed by atoms with van der Waals surface area (Å²) in [6.07, 6.45) is 8.03. The van der Waals surface area contributed by atoms with E-state index in [2.05, 4.69) is 17.3 Å². The zero-order valence-corrected chi connectivity index (χ0v) is 24.2. The van der Waals surface area contributed by atoms with E-state index in [0.717, 1.165) is 25.7 Å². The van der Waals surface area contributed by atoms with E-state index in [1.165, 1.54) is 35.9 Å². The summed E-state index contributed by atoms with van der Waals surface area (Å²) in [5, 5.41) is 8.95. The number of halogens is 2. The molecular weight excluding hydrogens is 550 g/mol. The summed E-state index contributed by atoms with van der Waals surface area (Å²) in [4.78, 5) is 28.7. The molecule has 7 nitrogen and oxygen atoms in total. The van der Waals surface area contributed by atoms with E-state index < -0.39 is 6.04 Å². The maximum Gasteiger partial charge on any atom is 0.247 e. The fraction of sp³-hybridized carbons (Fsp3) is 0.324. The SMILES string of the molecule is CCC1=CN(CC(=O)N2CC(CCCc3ccccc3F)CC2C(=O)Nc2ccc(Oc3ccc(F)cc3)cc2)N=CC1.